The van der Waals surface area contributed by atoms with Crippen LogP contribution in [0, 0.1) is 5.92 Å². The number of nitrogens with zero attached hydrogens (tertiary/aromatic N) is 1. The van der Waals surface area contributed by atoms with Gasteiger partial charge in [0.1, 0.15) is 0 Å². The van der Waals surface area contributed by atoms with E-state index in [0.29, 0.717) is 13.2 Å². The number of para-hydroxylation sites is 1. The van der Waals surface area contributed by atoms with Gasteiger partial charge in [0.25, 0.3) is 0 Å². The molecule has 1 aromatic rings. The van der Waals surface area contributed by atoms with E-state index in [9.17, 15) is 4.79 Å². The second-order valence-electron chi connectivity index (χ2n) is 7.17. The Labute approximate surface area is 143 Å². The van der Waals surface area contributed by atoms with Crippen molar-refractivity contribution in [3.8, 4) is 0 Å². The first-order valence-corrected chi connectivity index (χ1v) is 9.12. The molecule has 1 saturated carbocycles. The van der Waals surface area contributed by atoms with Crippen LogP contribution in [-0.2, 0) is 20.7 Å². The summed E-state index contributed by atoms with van der Waals surface area (Å²) in [4.78, 5) is 14.9. The van der Waals surface area contributed by atoms with Gasteiger partial charge in [-0.2, -0.15) is 0 Å². The number of benzene rings is 1. The molecular weight excluding hydrogens is 304 g/mol. The van der Waals surface area contributed by atoms with E-state index in [0.717, 1.165) is 44.1 Å². The van der Waals surface area contributed by atoms with Gasteiger partial charge in [-0.3, -0.25) is 9.69 Å². The van der Waals surface area contributed by atoms with Gasteiger partial charge in [0.05, 0.1) is 25.4 Å². The number of carbonyl (C=O) groups excluding carboxylic acids is 1. The Kier molecular flexibility index (Phi) is 4.83. The average molecular weight is 330 g/mol. The summed E-state index contributed by atoms with van der Waals surface area (Å²) >= 11 is 0. The topological polar surface area (TPSA) is 50.8 Å². The van der Waals surface area contributed by atoms with E-state index < -0.39 is 0 Å². The summed E-state index contributed by atoms with van der Waals surface area (Å²) in [6.07, 6.45) is 4.48. The largest absolute Gasteiger partial charge is 0.378 e. The van der Waals surface area contributed by atoms with E-state index in [1.54, 1.807) is 0 Å². The first-order chi connectivity index (χ1) is 11.8. The Morgan fingerprint density at radius 2 is 2.08 bits per heavy atom. The van der Waals surface area contributed by atoms with Gasteiger partial charge in [-0.25, -0.2) is 0 Å². The van der Waals surface area contributed by atoms with Crippen molar-refractivity contribution < 1.29 is 14.3 Å². The lowest BCUT2D eigenvalue weighted by atomic mass is 10.0. The maximum absolute atomic E-state index is 12.7. The molecule has 1 aromatic carbocycles. The maximum atomic E-state index is 12.7. The van der Waals surface area contributed by atoms with Crippen LogP contribution in [0.15, 0.2) is 24.3 Å². The molecule has 2 unspecified atom stereocenters. The Hall–Kier alpha value is -1.43. The van der Waals surface area contributed by atoms with Crippen LogP contribution in [-0.4, -0.2) is 55.9 Å². The molecule has 5 heteroatoms. The van der Waals surface area contributed by atoms with Gasteiger partial charge in [-0.15, -0.1) is 0 Å². The van der Waals surface area contributed by atoms with Crippen molar-refractivity contribution in [2.45, 2.75) is 37.8 Å². The maximum Gasteiger partial charge on any atom is 0.241 e. The summed E-state index contributed by atoms with van der Waals surface area (Å²) in [5.74, 6) is 0.885. The van der Waals surface area contributed by atoms with Crippen molar-refractivity contribution in [2.75, 3.05) is 38.2 Å². The van der Waals surface area contributed by atoms with Gasteiger partial charge in [-0.1, -0.05) is 18.2 Å². The SMILES string of the molecule is O=C1Nc2ccccc2CCC1N1CCOC(COCC2CC2)C1. The van der Waals surface area contributed by atoms with Gasteiger partial charge >= 0.3 is 0 Å². The van der Waals surface area contributed by atoms with E-state index in [-0.39, 0.29) is 18.1 Å². The fourth-order valence-corrected chi connectivity index (χ4v) is 3.62. The summed E-state index contributed by atoms with van der Waals surface area (Å²) in [5, 5.41) is 3.10. The third kappa shape index (κ3) is 3.79. The molecule has 130 valence electrons. The van der Waals surface area contributed by atoms with Crippen molar-refractivity contribution in [1.29, 1.82) is 0 Å². The molecule has 1 aliphatic carbocycles. The minimum atomic E-state index is -0.0766. The first-order valence-electron chi connectivity index (χ1n) is 9.12. The van der Waals surface area contributed by atoms with Crippen LogP contribution in [0.5, 0.6) is 0 Å². The number of ether oxygens (including phenoxy) is 2. The van der Waals surface area contributed by atoms with E-state index in [1.807, 2.05) is 18.2 Å². The number of amides is 1. The highest BCUT2D eigenvalue weighted by atomic mass is 16.5. The molecule has 2 atom stereocenters. The molecule has 2 heterocycles. The summed E-state index contributed by atoms with van der Waals surface area (Å²) in [6, 6.07) is 8.02. The highest BCUT2D eigenvalue weighted by Gasteiger charge is 2.33. The van der Waals surface area contributed by atoms with Crippen LogP contribution >= 0.6 is 0 Å². The van der Waals surface area contributed by atoms with Gasteiger partial charge in [-0.05, 0) is 43.2 Å². The van der Waals surface area contributed by atoms with Gasteiger partial charge in [0.2, 0.25) is 5.91 Å². The standard InChI is InChI=1S/C19H26N2O3/c22-19-18(8-7-15-3-1-2-4-17(15)20-19)21-9-10-24-16(11-21)13-23-12-14-5-6-14/h1-4,14,16,18H,5-13H2,(H,20,22). The molecule has 1 saturated heterocycles. The zero-order valence-electron chi connectivity index (χ0n) is 14.1. The number of rotatable bonds is 5. The van der Waals surface area contributed by atoms with Crippen molar-refractivity contribution >= 4 is 11.6 Å². The zero-order valence-corrected chi connectivity index (χ0v) is 14.1. The molecule has 5 nitrogen and oxygen atoms in total. The van der Waals surface area contributed by atoms with Crippen LogP contribution < -0.4 is 5.32 Å². The summed E-state index contributed by atoms with van der Waals surface area (Å²) in [5.41, 5.74) is 2.19. The Balaban J connectivity index is 1.35. The fraction of sp³-hybridized carbons (Fsp3) is 0.632. The first kappa shape index (κ1) is 16.1. The summed E-state index contributed by atoms with van der Waals surface area (Å²) in [6.45, 7) is 3.77. The molecule has 0 radical (unpaired) electrons. The molecule has 3 aliphatic rings. The Morgan fingerprint density at radius 1 is 1.21 bits per heavy atom. The predicted molar refractivity (Wildman–Crippen MR) is 92.0 cm³/mol. The van der Waals surface area contributed by atoms with Gasteiger partial charge in [0.15, 0.2) is 0 Å². The fourth-order valence-electron chi connectivity index (χ4n) is 3.62. The van der Waals surface area contributed by atoms with Crippen LogP contribution in [0.25, 0.3) is 0 Å². The molecule has 0 spiro atoms. The van der Waals surface area contributed by atoms with Crippen LogP contribution in [0.2, 0.25) is 0 Å². The summed E-state index contributed by atoms with van der Waals surface area (Å²) in [7, 11) is 0. The minimum absolute atomic E-state index is 0.0766. The number of hydrogen-bond donors (Lipinski definition) is 1. The third-order valence-electron chi connectivity index (χ3n) is 5.23. The second-order valence-corrected chi connectivity index (χ2v) is 7.17. The van der Waals surface area contributed by atoms with Crippen molar-refractivity contribution in [3.05, 3.63) is 29.8 Å². The average Bonchev–Trinajstić information content (AvgIpc) is 3.42. The molecular formula is C19H26N2O3. The Bertz CT molecular complexity index is 588. The molecule has 0 aromatic heterocycles. The molecule has 2 aliphatic heterocycles. The molecule has 0 bridgehead atoms. The Morgan fingerprint density at radius 3 is 2.96 bits per heavy atom. The number of hydrogen-bond acceptors (Lipinski definition) is 4. The lowest BCUT2D eigenvalue weighted by Crippen LogP contribution is -2.52. The van der Waals surface area contributed by atoms with Crippen LogP contribution in [0.3, 0.4) is 0 Å². The molecule has 1 N–H and O–H groups in total. The van der Waals surface area contributed by atoms with Gasteiger partial charge < -0.3 is 14.8 Å². The van der Waals surface area contributed by atoms with Crippen molar-refractivity contribution in [1.82, 2.24) is 4.90 Å². The molecule has 4 rings (SSSR count). The van der Waals surface area contributed by atoms with E-state index in [4.69, 9.17) is 9.47 Å². The number of nitrogens with one attached hydrogen (secondary N) is 1. The molecule has 1 amide bonds. The van der Waals surface area contributed by atoms with Crippen molar-refractivity contribution in [3.63, 3.8) is 0 Å². The number of fused-ring (bicyclic) bond motifs is 1. The monoisotopic (exact) mass is 330 g/mol. The zero-order chi connectivity index (χ0) is 16.4. The van der Waals surface area contributed by atoms with E-state index in [1.165, 1.54) is 18.4 Å². The molecule has 2 fully saturated rings. The number of aryl methyl sites for hydroxylation is 1. The van der Waals surface area contributed by atoms with Crippen LogP contribution in [0.1, 0.15) is 24.8 Å². The van der Waals surface area contributed by atoms with E-state index in [2.05, 4.69) is 16.3 Å². The predicted octanol–water partition coefficient (Wildman–Crippen LogP) is 2.07. The van der Waals surface area contributed by atoms with Crippen molar-refractivity contribution in [2.24, 2.45) is 5.92 Å². The number of morpholine rings is 1. The second kappa shape index (κ2) is 7.21. The number of carbonyl (C=O) groups is 1. The normalized spacial score (nSPS) is 28.1. The highest BCUT2D eigenvalue weighted by Crippen LogP contribution is 2.29. The minimum Gasteiger partial charge on any atom is -0.378 e. The lowest BCUT2D eigenvalue weighted by molar-refractivity contribution is -0.127. The summed E-state index contributed by atoms with van der Waals surface area (Å²) < 4.78 is 11.6. The van der Waals surface area contributed by atoms with Crippen LogP contribution in [0.4, 0.5) is 5.69 Å². The third-order valence-corrected chi connectivity index (χ3v) is 5.23. The smallest absolute Gasteiger partial charge is 0.241 e. The quantitative estimate of drug-likeness (QED) is 0.898. The molecule has 24 heavy (non-hydrogen) atoms. The highest BCUT2D eigenvalue weighted by molar-refractivity contribution is 5.96. The van der Waals surface area contributed by atoms with Gasteiger partial charge in [0, 0.05) is 25.4 Å². The lowest BCUT2D eigenvalue weighted by Gasteiger charge is -2.37. The van der Waals surface area contributed by atoms with E-state index >= 15 is 0 Å². The number of anilines is 1.